The van der Waals surface area contributed by atoms with Crippen molar-refractivity contribution in [1.29, 1.82) is 0 Å². The molecule has 0 bridgehead atoms. The molecule has 21 heavy (non-hydrogen) atoms. The normalized spacial score (nSPS) is 10.8. The Morgan fingerprint density at radius 3 is 2.67 bits per heavy atom. The van der Waals surface area contributed by atoms with E-state index in [4.69, 9.17) is 16.3 Å². The van der Waals surface area contributed by atoms with Crippen LogP contribution in [0.5, 0.6) is 11.6 Å². The highest BCUT2D eigenvalue weighted by Crippen LogP contribution is 2.33. The van der Waals surface area contributed by atoms with Crippen molar-refractivity contribution in [2.24, 2.45) is 0 Å². The topological polar surface area (TPSA) is 47.0 Å². The summed E-state index contributed by atoms with van der Waals surface area (Å²) in [6.45, 7) is 8.98. The molecule has 0 unspecified atom stereocenters. The molecule has 0 radical (unpaired) electrons. The Balaban J connectivity index is 2.38. The molecular weight excluding hydrogens is 286 g/mol. The third-order valence-corrected chi connectivity index (χ3v) is 3.54. The average Bonchev–Trinajstić information content (AvgIpc) is 2.43. The quantitative estimate of drug-likeness (QED) is 0.863. The molecule has 0 aliphatic heterocycles. The predicted molar refractivity (Wildman–Crippen MR) is 86.5 cm³/mol. The van der Waals surface area contributed by atoms with Crippen molar-refractivity contribution in [3.8, 4) is 11.6 Å². The second kappa shape index (κ2) is 6.76. The first kappa shape index (κ1) is 15.6. The van der Waals surface area contributed by atoms with Crippen molar-refractivity contribution in [3.05, 3.63) is 40.7 Å². The minimum absolute atomic E-state index is 0.253. The van der Waals surface area contributed by atoms with Gasteiger partial charge in [-0.3, -0.25) is 0 Å². The molecule has 2 rings (SSSR count). The van der Waals surface area contributed by atoms with E-state index in [1.807, 2.05) is 32.0 Å². The molecule has 0 atom stereocenters. The van der Waals surface area contributed by atoms with E-state index in [0.717, 1.165) is 34.3 Å². The summed E-state index contributed by atoms with van der Waals surface area (Å²) in [6.07, 6.45) is 1.52. The number of aromatic nitrogens is 2. The third-order valence-electron chi connectivity index (χ3n) is 3.11. The number of hydrogen-bond donors (Lipinski definition) is 1. The van der Waals surface area contributed by atoms with Gasteiger partial charge < -0.3 is 10.1 Å². The molecule has 112 valence electrons. The van der Waals surface area contributed by atoms with Gasteiger partial charge in [0.25, 0.3) is 0 Å². The van der Waals surface area contributed by atoms with Crippen molar-refractivity contribution in [2.45, 2.75) is 33.6 Å². The van der Waals surface area contributed by atoms with Crippen LogP contribution in [0.25, 0.3) is 0 Å². The molecule has 2 aromatic rings. The molecule has 0 saturated heterocycles. The summed E-state index contributed by atoms with van der Waals surface area (Å²) in [5.74, 6) is 2.38. The first-order chi connectivity index (χ1) is 10.0. The van der Waals surface area contributed by atoms with Gasteiger partial charge in [0.2, 0.25) is 5.88 Å². The third kappa shape index (κ3) is 3.64. The second-order valence-corrected chi connectivity index (χ2v) is 5.55. The molecule has 0 amide bonds. The fourth-order valence-electron chi connectivity index (χ4n) is 2.08. The Morgan fingerprint density at radius 1 is 1.29 bits per heavy atom. The van der Waals surface area contributed by atoms with Crippen LogP contribution in [0, 0.1) is 6.92 Å². The van der Waals surface area contributed by atoms with E-state index in [1.54, 1.807) is 0 Å². The van der Waals surface area contributed by atoms with E-state index in [2.05, 4.69) is 29.1 Å². The minimum Gasteiger partial charge on any atom is -0.439 e. The fourth-order valence-corrected chi connectivity index (χ4v) is 2.20. The molecule has 1 heterocycles. The molecule has 0 spiro atoms. The van der Waals surface area contributed by atoms with Crippen molar-refractivity contribution in [2.75, 3.05) is 11.9 Å². The number of halogens is 1. The summed E-state index contributed by atoms with van der Waals surface area (Å²) in [4.78, 5) is 8.58. The largest absolute Gasteiger partial charge is 0.439 e. The van der Waals surface area contributed by atoms with Crippen LogP contribution in [-0.2, 0) is 0 Å². The van der Waals surface area contributed by atoms with Crippen LogP contribution in [-0.4, -0.2) is 16.5 Å². The lowest BCUT2D eigenvalue weighted by Crippen LogP contribution is -2.07. The van der Waals surface area contributed by atoms with Crippen LogP contribution in [0.3, 0.4) is 0 Å². The van der Waals surface area contributed by atoms with E-state index in [0.29, 0.717) is 5.88 Å². The standard InChI is InChI=1S/C16H20ClN3O/c1-5-18-15-14(10(2)3)16(20-9-19-15)21-12-6-7-13(17)11(4)8-12/h6-10H,5H2,1-4H3,(H,18,19,20). The zero-order valence-corrected chi connectivity index (χ0v) is 13.5. The van der Waals surface area contributed by atoms with Gasteiger partial charge in [-0.05, 0) is 43.5 Å². The monoisotopic (exact) mass is 305 g/mol. The van der Waals surface area contributed by atoms with E-state index < -0.39 is 0 Å². The van der Waals surface area contributed by atoms with E-state index in [1.165, 1.54) is 6.33 Å². The predicted octanol–water partition coefficient (Wildman–Crippen LogP) is 4.79. The molecule has 1 N–H and O–H groups in total. The molecular formula is C16H20ClN3O. The summed E-state index contributed by atoms with van der Waals surface area (Å²) in [5.41, 5.74) is 1.95. The van der Waals surface area contributed by atoms with E-state index in [-0.39, 0.29) is 5.92 Å². The zero-order chi connectivity index (χ0) is 15.4. The molecule has 0 fully saturated rings. The summed E-state index contributed by atoms with van der Waals surface area (Å²) >= 11 is 6.04. The first-order valence-electron chi connectivity index (χ1n) is 7.05. The maximum absolute atomic E-state index is 6.04. The van der Waals surface area contributed by atoms with Gasteiger partial charge in [0, 0.05) is 11.6 Å². The molecule has 0 aliphatic carbocycles. The smallest absolute Gasteiger partial charge is 0.227 e. The van der Waals surface area contributed by atoms with Crippen molar-refractivity contribution in [1.82, 2.24) is 9.97 Å². The van der Waals surface area contributed by atoms with Gasteiger partial charge >= 0.3 is 0 Å². The van der Waals surface area contributed by atoms with Crippen LogP contribution in [0.2, 0.25) is 5.02 Å². The number of benzene rings is 1. The molecule has 1 aromatic carbocycles. The van der Waals surface area contributed by atoms with Gasteiger partial charge in [-0.2, -0.15) is 0 Å². The minimum atomic E-state index is 0.253. The Labute approximate surface area is 130 Å². The zero-order valence-electron chi connectivity index (χ0n) is 12.8. The van der Waals surface area contributed by atoms with E-state index in [9.17, 15) is 0 Å². The van der Waals surface area contributed by atoms with Gasteiger partial charge in [0.05, 0.1) is 5.56 Å². The van der Waals surface area contributed by atoms with Crippen LogP contribution in [0.1, 0.15) is 37.8 Å². The maximum Gasteiger partial charge on any atom is 0.227 e. The second-order valence-electron chi connectivity index (χ2n) is 5.14. The SMILES string of the molecule is CCNc1ncnc(Oc2ccc(Cl)c(C)c2)c1C(C)C. The van der Waals surface area contributed by atoms with Gasteiger partial charge in [-0.25, -0.2) is 9.97 Å². The molecule has 0 saturated carbocycles. The fraction of sp³-hybridized carbons (Fsp3) is 0.375. The molecule has 4 nitrogen and oxygen atoms in total. The lowest BCUT2D eigenvalue weighted by Gasteiger charge is -2.16. The number of nitrogens with one attached hydrogen (secondary N) is 1. The Bertz CT molecular complexity index is 629. The van der Waals surface area contributed by atoms with Crippen LogP contribution in [0.4, 0.5) is 5.82 Å². The number of ether oxygens (including phenoxy) is 1. The number of nitrogens with zero attached hydrogens (tertiary/aromatic N) is 2. The number of hydrogen-bond acceptors (Lipinski definition) is 4. The summed E-state index contributed by atoms with van der Waals surface area (Å²) in [6, 6.07) is 5.57. The van der Waals surface area contributed by atoms with Crippen LogP contribution >= 0.6 is 11.6 Å². The lowest BCUT2D eigenvalue weighted by molar-refractivity contribution is 0.451. The number of aryl methyl sites for hydroxylation is 1. The van der Waals surface area contributed by atoms with Gasteiger partial charge in [-0.1, -0.05) is 25.4 Å². The Hall–Kier alpha value is -1.81. The van der Waals surface area contributed by atoms with Crippen molar-refractivity contribution in [3.63, 3.8) is 0 Å². The molecule has 5 heteroatoms. The summed E-state index contributed by atoms with van der Waals surface area (Å²) in [5, 5.41) is 3.98. The highest BCUT2D eigenvalue weighted by molar-refractivity contribution is 6.31. The highest BCUT2D eigenvalue weighted by atomic mass is 35.5. The molecule has 0 aliphatic rings. The van der Waals surface area contributed by atoms with Gasteiger partial charge in [0.1, 0.15) is 17.9 Å². The maximum atomic E-state index is 6.04. The molecule has 1 aromatic heterocycles. The van der Waals surface area contributed by atoms with Crippen molar-refractivity contribution >= 4 is 17.4 Å². The van der Waals surface area contributed by atoms with Gasteiger partial charge in [-0.15, -0.1) is 0 Å². The first-order valence-corrected chi connectivity index (χ1v) is 7.43. The van der Waals surface area contributed by atoms with Crippen LogP contribution in [0.15, 0.2) is 24.5 Å². The Morgan fingerprint density at radius 2 is 2.05 bits per heavy atom. The number of rotatable bonds is 5. The Kier molecular flexibility index (Phi) is 5.02. The van der Waals surface area contributed by atoms with Crippen molar-refractivity contribution < 1.29 is 4.74 Å². The summed E-state index contributed by atoms with van der Waals surface area (Å²) < 4.78 is 5.94. The highest BCUT2D eigenvalue weighted by Gasteiger charge is 2.16. The van der Waals surface area contributed by atoms with Crippen LogP contribution < -0.4 is 10.1 Å². The average molecular weight is 306 g/mol. The summed E-state index contributed by atoms with van der Waals surface area (Å²) in [7, 11) is 0. The lowest BCUT2D eigenvalue weighted by atomic mass is 10.1. The van der Waals surface area contributed by atoms with E-state index >= 15 is 0 Å². The van der Waals surface area contributed by atoms with Gasteiger partial charge in [0.15, 0.2) is 0 Å². The number of anilines is 1.